The molecule has 0 bridgehead atoms. The highest BCUT2D eigenvalue weighted by atomic mass is 19.3. The van der Waals surface area contributed by atoms with E-state index < -0.39 is 6.61 Å². The quantitative estimate of drug-likeness (QED) is 0.503. The summed E-state index contributed by atoms with van der Waals surface area (Å²) in [6, 6.07) is 0. The Morgan fingerprint density at radius 1 is 1.57 bits per heavy atom. The van der Waals surface area contributed by atoms with E-state index >= 15 is 0 Å². The summed E-state index contributed by atoms with van der Waals surface area (Å²) in [6.07, 6.45) is 0. The van der Waals surface area contributed by atoms with E-state index in [1.807, 2.05) is 0 Å². The third kappa shape index (κ3) is 5.78. The number of hydrogen-bond acceptors (Lipinski definition) is 2. The fraction of sp³-hybridized carbons (Fsp3) is 1.00. The van der Waals surface area contributed by atoms with Crippen molar-refractivity contribution in [3.8, 4) is 0 Å². The number of halogens is 2. The molecule has 0 fully saturated rings. The van der Waals surface area contributed by atoms with Gasteiger partial charge in [-0.2, -0.15) is 8.78 Å². The van der Waals surface area contributed by atoms with Crippen LogP contribution in [0.4, 0.5) is 8.78 Å². The Balaban J connectivity index is 2.68. The van der Waals surface area contributed by atoms with Gasteiger partial charge in [-0.1, -0.05) is 0 Å². The van der Waals surface area contributed by atoms with Gasteiger partial charge in [0.1, 0.15) is 0 Å². The molecule has 0 heterocycles. The van der Waals surface area contributed by atoms with Crippen molar-refractivity contribution in [1.29, 1.82) is 0 Å². The van der Waals surface area contributed by atoms with E-state index in [1.165, 1.54) is 7.11 Å². The molecule has 0 aliphatic carbocycles. The molecule has 0 atom stereocenters. The Bertz CT molecular complexity index is 39.9. The molecular weight excluding hydrogens is 106 g/mol. The van der Waals surface area contributed by atoms with E-state index in [4.69, 9.17) is 0 Å². The van der Waals surface area contributed by atoms with Gasteiger partial charge in [0.25, 0.3) is 0 Å². The molecule has 0 aliphatic heterocycles. The molecule has 0 unspecified atom stereocenters. The fourth-order valence-corrected chi connectivity index (χ4v) is 0.119. The van der Waals surface area contributed by atoms with Crippen molar-refractivity contribution in [1.82, 2.24) is 0 Å². The summed E-state index contributed by atoms with van der Waals surface area (Å²) in [5, 5.41) is 0. The summed E-state index contributed by atoms with van der Waals surface area (Å²) in [5.41, 5.74) is 0. The molecule has 0 N–H and O–H groups in total. The van der Waals surface area contributed by atoms with Crippen LogP contribution in [0, 0.1) is 0 Å². The van der Waals surface area contributed by atoms with Gasteiger partial charge in [0, 0.05) is 7.11 Å². The largest absolute Gasteiger partial charge is 0.358 e. The lowest BCUT2D eigenvalue weighted by Gasteiger charge is -1.96. The third-order valence-corrected chi connectivity index (χ3v) is 0.312. The van der Waals surface area contributed by atoms with Crippen LogP contribution in [-0.2, 0) is 9.47 Å². The lowest BCUT2D eigenvalue weighted by atomic mass is 11.3. The highest BCUT2D eigenvalue weighted by molar-refractivity contribution is 4.02. The minimum Gasteiger partial charge on any atom is -0.358 e. The Kier molecular flexibility index (Phi) is 3.83. The summed E-state index contributed by atoms with van der Waals surface area (Å²) < 4.78 is 29.6. The van der Waals surface area contributed by atoms with Crippen molar-refractivity contribution in [3.05, 3.63) is 0 Å². The number of ether oxygens (including phenoxy) is 2. The summed E-state index contributed by atoms with van der Waals surface area (Å²) in [6.45, 7) is -3.07. The first kappa shape index (κ1) is 6.78. The van der Waals surface area contributed by atoms with Crippen molar-refractivity contribution in [2.75, 3.05) is 13.9 Å². The maximum absolute atomic E-state index is 10.9. The van der Waals surface area contributed by atoms with Gasteiger partial charge in [0.2, 0.25) is 0 Å². The fourth-order valence-electron chi connectivity index (χ4n) is 0.119. The first-order chi connectivity index (χ1) is 3.27. The van der Waals surface area contributed by atoms with Crippen LogP contribution in [0.5, 0.6) is 0 Å². The molecule has 0 radical (unpaired) electrons. The van der Waals surface area contributed by atoms with E-state index in [0.29, 0.717) is 0 Å². The maximum Gasteiger partial charge on any atom is 0.347 e. The van der Waals surface area contributed by atoms with Gasteiger partial charge >= 0.3 is 6.61 Å². The van der Waals surface area contributed by atoms with Crippen molar-refractivity contribution < 1.29 is 18.3 Å². The van der Waals surface area contributed by atoms with E-state index in [1.54, 1.807) is 0 Å². The molecule has 0 saturated heterocycles. The SMILES string of the molecule is COCOC(F)F. The van der Waals surface area contributed by atoms with Crippen LogP contribution in [0.1, 0.15) is 0 Å². The zero-order valence-electron chi connectivity index (χ0n) is 3.86. The van der Waals surface area contributed by atoms with Crippen molar-refractivity contribution >= 4 is 0 Å². The summed E-state index contributed by atoms with van der Waals surface area (Å²) in [4.78, 5) is 0. The van der Waals surface area contributed by atoms with E-state index in [0.717, 1.165) is 0 Å². The van der Waals surface area contributed by atoms with Crippen LogP contribution in [0.15, 0.2) is 0 Å². The average molecular weight is 112 g/mol. The molecular formula is C3H6F2O2. The molecule has 0 aromatic carbocycles. The zero-order valence-corrected chi connectivity index (χ0v) is 3.86. The molecule has 7 heavy (non-hydrogen) atoms. The molecule has 4 heteroatoms. The Labute approximate surface area is 40.0 Å². The Morgan fingerprint density at radius 3 is 2.29 bits per heavy atom. The Hall–Kier alpha value is -0.220. The van der Waals surface area contributed by atoms with Crippen molar-refractivity contribution in [3.63, 3.8) is 0 Å². The van der Waals surface area contributed by atoms with E-state index in [2.05, 4.69) is 9.47 Å². The van der Waals surface area contributed by atoms with Gasteiger partial charge in [0.15, 0.2) is 6.79 Å². The molecule has 0 aromatic rings. The molecule has 0 saturated carbocycles. The standard InChI is InChI=1S/C3H6F2O2/c1-6-2-7-3(4)5/h3H,2H2,1H3. The highest BCUT2D eigenvalue weighted by Crippen LogP contribution is 1.91. The first-order valence-corrected chi connectivity index (χ1v) is 1.66. The lowest BCUT2D eigenvalue weighted by molar-refractivity contribution is -0.183. The van der Waals surface area contributed by atoms with Gasteiger partial charge in [0.05, 0.1) is 0 Å². The van der Waals surface area contributed by atoms with E-state index in [-0.39, 0.29) is 6.79 Å². The van der Waals surface area contributed by atoms with E-state index in [9.17, 15) is 8.78 Å². The number of rotatable bonds is 3. The second kappa shape index (κ2) is 3.95. The Morgan fingerprint density at radius 2 is 2.14 bits per heavy atom. The minimum atomic E-state index is -2.72. The average Bonchev–Trinajstić information content (AvgIpc) is 1.61. The molecule has 44 valence electrons. The van der Waals surface area contributed by atoms with Crippen molar-refractivity contribution in [2.24, 2.45) is 0 Å². The molecule has 0 spiro atoms. The highest BCUT2D eigenvalue weighted by Gasteiger charge is 1.97. The zero-order chi connectivity index (χ0) is 5.70. The van der Waals surface area contributed by atoms with Gasteiger partial charge in [-0.15, -0.1) is 0 Å². The van der Waals surface area contributed by atoms with Gasteiger partial charge in [-0.3, -0.25) is 4.74 Å². The van der Waals surface area contributed by atoms with Gasteiger partial charge < -0.3 is 4.74 Å². The molecule has 0 amide bonds. The summed E-state index contributed by atoms with van der Waals surface area (Å²) in [5.74, 6) is 0. The van der Waals surface area contributed by atoms with Crippen LogP contribution in [0.2, 0.25) is 0 Å². The normalized spacial score (nSPS) is 10.3. The molecule has 2 nitrogen and oxygen atoms in total. The second-order valence-corrected chi connectivity index (χ2v) is 0.834. The minimum absolute atomic E-state index is 0.350. The topological polar surface area (TPSA) is 18.5 Å². The molecule has 0 aliphatic rings. The maximum atomic E-state index is 10.9. The van der Waals surface area contributed by atoms with Crippen LogP contribution in [0.25, 0.3) is 0 Å². The monoisotopic (exact) mass is 112 g/mol. The van der Waals surface area contributed by atoms with Crippen LogP contribution < -0.4 is 0 Å². The molecule has 0 rings (SSSR count). The van der Waals surface area contributed by atoms with Gasteiger partial charge in [-0.25, -0.2) is 0 Å². The van der Waals surface area contributed by atoms with Crippen LogP contribution in [0.3, 0.4) is 0 Å². The van der Waals surface area contributed by atoms with Crippen molar-refractivity contribution in [2.45, 2.75) is 6.61 Å². The number of methoxy groups -OCH3 is 1. The first-order valence-electron chi connectivity index (χ1n) is 1.66. The smallest absolute Gasteiger partial charge is 0.347 e. The third-order valence-electron chi connectivity index (χ3n) is 0.312. The van der Waals surface area contributed by atoms with Gasteiger partial charge in [-0.05, 0) is 0 Å². The van der Waals surface area contributed by atoms with Crippen LogP contribution in [-0.4, -0.2) is 20.5 Å². The summed E-state index contributed by atoms with van der Waals surface area (Å²) in [7, 11) is 1.28. The predicted molar refractivity (Wildman–Crippen MR) is 19.0 cm³/mol. The predicted octanol–water partition coefficient (Wildman–Crippen LogP) is 0.830. The number of alkyl halides is 2. The lowest BCUT2D eigenvalue weighted by Crippen LogP contribution is -2.01. The number of hydrogen-bond donors (Lipinski definition) is 0. The second-order valence-electron chi connectivity index (χ2n) is 0.834. The van der Waals surface area contributed by atoms with Crippen LogP contribution >= 0.6 is 0 Å². The summed E-state index contributed by atoms with van der Waals surface area (Å²) >= 11 is 0. The molecule has 0 aromatic heterocycles.